The number of nitrogens with one attached hydrogen (secondary N) is 1. The molecule has 3 rings (SSSR count). The molecule has 1 aliphatic rings. The molecule has 1 saturated heterocycles. The average molecular weight is 517 g/mol. The van der Waals surface area contributed by atoms with E-state index in [2.05, 4.69) is 15.2 Å². The number of carboxylic acid groups (broad SMARTS) is 1. The summed E-state index contributed by atoms with van der Waals surface area (Å²) < 4.78 is 19.8. The number of carbonyl (C=O) groups is 2. The zero-order valence-corrected chi connectivity index (χ0v) is 20.1. The smallest absolute Gasteiger partial charge is 0.339 e. The number of thioether (sulfide) groups is 1. The highest BCUT2D eigenvalue weighted by Gasteiger charge is 2.22. The summed E-state index contributed by atoms with van der Waals surface area (Å²) in [6, 6.07) is 4.53. The fourth-order valence-electron chi connectivity index (χ4n) is 3.32. The van der Waals surface area contributed by atoms with Crippen molar-refractivity contribution < 1.29 is 23.8 Å². The molecular weight excluding hydrogens is 494 g/mol. The number of aromatic carboxylic acids is 1. The minimum atomic E-state index is -1.37. The van der Waals surface area contributed by atoms with Gasteiger partial charge in [-0.3, -0.25) is 9.69 Å². The van der Waals surface area contributed by atoms with Crippen molar-refractivity contribution in [1.82, 2.24) is 15.2 Å². The quantitative estimate of drug-likeness (QED) is 0.457. The van der Waals surface area contributed by atoms with Crippen molar-refractivity contribution in [2.45, 2.75) is 24.6 Å². The maximum atomic E-state index is 14.0. The van der Waals surface area contributed by atoms with Gasteiger partial charge in [-0.1, -0.05) is 41.0 Å². The molecule has 2 aromatic rings. The lowest BCUT2D eigenvalue weighted by atomic mass is 10.1. The van der Waals surface area contributed by atoms with E-state index in [1.165, 1.54) is 0 Å². The summed E-state index contributed by atoms with van der Waals surface area (Å²) in [5.41, 5.74) is 7.14. The lowest BCUT2D eigenvalue weighted by Gasteiger charge is -2.33. The Labute approximate surface area is 204 Å². The second kappa shape index (κ2) is 11.3. The van der Waals surface area contributed by atoms with Gasteiger partial charge in [0.25, 0.3) is 0 Å². The molecule has 4 N–H and O–H groups in total. The molecule has 0 radical (unpaired) electrons. The molecule has 1 aromatic heterocycles. The molecule has 1 unspecified atom stereocenters. The monoisotopic (exact) mass is 516 g/mol. The highest BCUT2D eigenvalue weighted by molar-refractivity contribution is 7.99. The zero-order chi connectivity index (χ0) is 24.1. The Bertz CT molecular complexity index is 1060. The molecule has 1 fully saturated rings. The first-order chi connectivity index (χ1) is 15.7. The maximum absolute atomic E-state index is 14.0. The molecule has 0 saturated carbocycles. The van der Waals surface area contributed by atoms with Crippen molar-refractivity contribution in [2.75, 3.05) is 37.7 Å². The van der Waals surface area contributed by atoms with Gasteiger partial charge in [-0.05, 0) is 30.2 Å². The van der Waals surface area contributed by atoms with Crippen LogP contribution in [0.15, 0.2) is 23.2 Å². The SMILES string of the molecule is Cc1c(CN2CCOC(CNC(=O)CSc3nc(N)c(C(=O)O)cc3F)C2)ccc(Cl)c1Cl. The number of hydrogen-bond acceptors (Lipinski definition) is 7. The number of morpholine rings is 1. The van der Waals surface area contributed by atoms with Crippen LogP contribution in [0.3, 0.4) is 0 Å². The number of halogens is 3. The van der Waals surface area contributed by atoms with Crippen LogP contribution >= 0.6 is 35.0 Å². The molecule has 1 aromatic carbocycles. The van der Waals surface area contributed by atoms with Gasteiger partial charge in [-0.2, -0.15) is 0 Å². The first kappa shape index (κ1) is 25.5. The number of amides is 1. The van der Waals surface area contributed by atoms with E-state index in [1.54, 1.807) is 6.07 Å². The van der Waals surface area contributed by atoms with E-state index in [1.807, 2.05) is 13.0 Å². The highest BCUT2D eigenvalue weighted by Crippen LogP contribution is 2.29. The van der Waals surface area contributed by atoms with E-state index in [4.69, 9.17) is 38.8 Å². The standard InChI is InChI=1S/C21H23Cl2FN4O4S/c1-11-12(2-3-15(22)18(11)23)8-28-4-5-32-13(9-28)7-26-17(29)10-33-20-16(24)6-14(21(30)31)19(25)27-20/h2-3,6,13H,4-5,7-10H2,1H3,(H2,25,27)(H,26,29)(H,30,31). The minimum absolute atomic E-state index is 0.102. The lowest BCUT2D eigenvalue weighted by Crippen LogP contribution is -2.47. The van der Waals surface area contributed by atoms with E-state index >= 15 is 0 Å². The normalized spacial score (nSPS) is 16.5. The van der Waals surface area contributed by atoms with Gasteiger partial charge in [0.1, 0.15) is 16.4 Å². The van der Waals surface area contributed by atoms with Crippen LogP contribution in [-0.2, 0) is 16.1 Å². The Morgan fingerprint density at radius 1 is 1.42 bits per heavy atom. The number of carbonyl (C=O) groups excluding carboxylic acids is 1. The largest absolute Gasteiger partial charge is 0.478 e. The zero-order valence-electron chi connectivity index (χ0n) is 17.7. The van der Waals surface area contributed by atoms with E-state index in [9.17, 15) is 14.0 Å². The molecule has 1 atom stereocenters. The first-order valence-corrected chi connectivity index (χ1v) is 11.8. The van der Waals surface area contributed by atoms with E-state index < -0.39 is 17.3 Å². The number of nitrogens with two attached hydrogens (primary N) is 1. The van der Waals surface area contributed by atoms with Crippen molar-refractivity contribution in [1.29, 1.82) is 0 Å². The van der Waals surface area contributed by atoms with Crippen molar-refractivity contribution >= 4 is 52.7 Å². The van der Waals surface area contributed by atoms with Gasteiger partial charge in [0.05, 0.1) is 28.5 Å². The fourth-order valence-corrected chi connectivity index (χ4v) is 4.44. The van der Waals surface area contributed by atoms with Crippen molar-refractivity contribution in [2.24, 2.45) is 0 Å². The highest BCUT2D eigenvalue weighted by atomic mass is 35.5. The molecule has 2 heterocycles. The number of rotatable bonds is 8. The number of benzene rings is 1. The number of hydrogen-bond donors (Lipinski definition) is 3. The number of nitrogen functional groups attached to an aromatic ring is 1. The summed E-state index contributed by atoms with van der Waals surface area (Å²) in [5, 5.41) is 12.7. The van der Waals surface area contributed by atoms with Gasteiger partial charge in [0.2, 0.25) is 5.91 Å². The number of anilines is 1. The maximum Gasteiger partial charge on any atom is 0.339 e. The van der Waals surface area contributed by atoms with Gasteiger partial charge in [-0.15, -0.1) is 0 Å². The molecule has 33 heavy (non-hydrogen) atoms. The molecule has 0 bridgehead atoms. The van der Waals surface area contributed by atoms with Gasteiger partial charge in [0, 0.05) is 26.2 Å². The lowest BCUT2D eigenvalue weighted by molar-refractivity contribution is -0.119. The van der Waals surface area contributed by atoms with Gasteiger partial charge < -0.3 is 20.9 Å². The minimum Gasteiger partial charge on any atom is -0.478 e. The van der Waals surface area contributed by atoms with Crippen molar-refractivity contribution in [3.63, 3.8) is 0 Å². The van der Waals surface area contributed by atoms with E-state index in [0.717, 1.165) is 35.5 Å². The first-order valence-electron chi connectivity index (χ1n) is 10.0. The Hall–Kier alpha value is -2.11. The number of pyridine rings is 1. The van der Waals surface area contributed by atoms with Crippen LogP contribution in [0, 0.1) is 12.7 Å². The van der Waals surface area contributed by atoms with Crippen LogP contribution in [-0.4, -0.2) is 65.0 Å². The predicted octanol–water partition coefficient (Wildman–Crippen LogP) is 3.23. The summed E-state index contributed by atoms with van der Waals surface area (Å²) in [6.45, 7) is 4.81. The van der Waals surface area contributed by atoms with Crippen molar-refractivity contribution in [3.8, 4) is 0 Å². The van der Waals surface area contributed by atoms with Crippen LogP contribution in [0.4, 0.5) is 10.2 Å². The van der Waals surface area contributed by atoms with Crippen LogP contribution < -0.4 is 11.1 Å². The molecule has 0 aliphatic carbocycles. The summed E-state index contributed by atoms with van der Waals surface area (Å²) in [4.78, 5) is 29.1. The Balaban J connectivity index is 1.48. The molecule has 178 valence electrons. The average Bonchev–Trinajstić information content (AvgIpc) is 2.78. The molecular formula is C21H23Cl2FN4O4S. The number of aromatic nitrogens is 1. The number of nitrogens with zero attached hydrogens (tertiary/aromatic N) is 2. The topological polar surface area (TPSA) is 118 Å². The summed E-state index contributed by atoms with van der Waals surface area (Å²) in [5.74, 6) is -2.95. The second-order valence-corrected chi connectivity index (χ2v) is 9.23. The molecule has 12 heteroatoms. The van der Waals surface area contributed by atoms with Crippen LogP contribution in [0.5, 0.6) is 0 Å². The molecule has 8 nitrogen and oxygen atoms in total. The third kappa shape index (κ3) is 6.70. The Morgan fingerprint density at radius 3 is 2.91 bits per heavy atom. The summed E-state index contributed by atoms with van der Waals surface area (Å²) in [6.07, 6.45) is -0.198. The van der Waals surface area contributed by atoms with Crippen LogP contribution in [0.25, 0.3) is 0 Å². The third-order valence-electron chi connectivity index (χ3n) is 5.14. The van der Waals surface area contributed by atoms with Crippen molar-refractivity contribution in [3.05, 3.63) is 50.8 Å². The van der Waals surface area contributed by atoms with E-state index in [-0.39, 0.29) is 28.6 Å². The fraction of sp³-hybridized carbons (Fsp3) is 0.381. The van der Waals surface area contributed by atoms with Gasteiger partial charge in [0.15, 0.2) is 5.82 Å². The van der Waals surface area contributed by atoms with Crippen LogP contribution in [0.2, 0.25) is 10.0 Å². The van der Waals surface area contributed by atoms with Crippen LogP contribution in [0.1, 0.15) is 21.5 Å². The summed E-state index contributed by atoms with van der Waals surface area (Å²) >= 11 is 13.1. The number of carboxylic acids is 1. The Kier molecular flexibility index (Phi) is 8.77. The molecule has 1 aliphatic heterocycles. The molecule has 0 spiro atoms. The predicted molar refractivity (Wildman–Crippen MR) is 126 cm³/mol. The third-order valence-corrected chi connectivity index (χ3v) is 7.00. The van der Waals surface area contributed by atoms with E-state index in [0.29, 0.717) is 36.3 Å². The summed E-state index contributed by atoms with van der Waals surface area (Å²) in [7, 11) is 0. The molecule has 1 amide bonds. The van der Waals surface area contributed by atoms with Gasteiger partial charge >= 0.3 is 5.97 Å². The Morgan fingerprint density at radius 2 is 2.18 bits per heavy atom. The second-order valence-electron chi connectivity index (χ2n) is 7.48. The number of ether oxygens (including phenoxy) is 1. The van der Waals surface area contributed by atoms with Gasteiger partial charge in [-0.25, -0.2) is 14.2 Å².